The monoisotopic (exact) mass is 567 g/mol. The van der Waals surface area contributed by atoms with E-state index in [-0.39, 0.29) is 36.9 Å². The molecule has 0 spiro atoms. The highest BCUT2D eigenvalue weighted by molar-refractivity contribution is 5.95. The molecule has 3 aliphatic rings. The van der Waals surface area contributed by atoms with E-state index in [1.807, 2.05) is 24.0 Å². The third-order valence-electron chi connectivity index (χ3n) is 8.55. The lowest BCUT2D eigenvalue weighted by Crippen LogP contribution is -2.45. The van der Waals surface area contributed by atoms with Crippen LogP contribution in [-0.4, -0.2) is 78.2 Å². The minimum absolute atomic E-state index is 0.0174. The van der Waals surface area contributed by atoms with Gasteiger partial charge in [-0.3, -0.25) is 19.3 Å². The number of carbonyl (C=O) groups excluding carboxylic acids is 2. The van der Waals surface area contributed by atoms with Gasteiger partial charge in [0.1, 0.15) is 5.82 Å². The molecule has 3 atom stereocenters. The highest BCUT2D eigenvalue weighted by Gasteiger charge is 2.47. The third kappa shape index (κ3) is 6.17. The first-order valence-electron chi connectivity index (χ1n) is 14.5. The van der Waals surface area contributed by atoms with E-state index in [1.165, 1.54) is 6.07 Å². The number of carboxylic acid groups (broad SMARTS) is 1. The number of aryl methyl sites for hydroxylation is 1. The predicted molar refractivity (Wildman–Crippen MR) is 151 cm³/mol. The molecule has 1 N–H and O–H groups in total. The summed E-state index contributed by atoms with van der Waals surface area (Å²) in [6, 6.07) is 9.72. The van der Waals surface area contributed by atoms with E-state index in [9.17, 15) is 23.9 Å². The maximum atomic E-state index is 14.0. The van der Waals surface area contributed by atoms with Gasteiger partial charge in [-0.25, -0.2) is 4.39 Å². The van der Waals surface area contributed by atoms with Crippen LogP contribution in [0.25, 0.3) is 0 Å². The molecule has 0 aromatic heterocycles. The van der Waals surface area contributed by atoms with E-state index >= 15 is 0 Å². The molecule has 3 heterocycles. The fraction of sp³-hybridized carbons (Fsp3) is 0.516. The zero-order valence-corrected chi connectivity index (χ0v) is 23.7. The largest absolute Gasteiger partial charge is 0.481 e. The van der Waals surface area contributed by atoms with Crippen LogP contribution in [0.1, 0.15) is 56.1 Å². The normalized spacial score (nSPS) is 22.0. The van der Waals surface area contributed by atoms with Crippen LogP contribution in [0, 0.1) is 18.7 Å². The van der Waals surface area contributed by atoms with Crippen molar-refractivity contribution in [2.24, 2.45) is 5.92 Å². The first kappa shape index (κ1) is 28.9. The number of aliphatic carboxylic acids is 1. The van der Waals surface area contributed by atoms with Gasteiger partial charge >= 0.3 is 5.97 Å². The Morgan fingerprint density at radius 3 is 2.66 bits per heavy atom. The summed E-state index contributed by atoms with van der Waals surface area (Å²) >= 11 is 0. The number of carbonyl (C=O) groups is 3. The van der Waals surface area contributed by atoms with E-state index in [0.29, 0.717) is 61.8 Å². The topological polar surface area (TPSA) is 99.6 Å². The van der Waals surface area contributed by atoms with Gasteiger partial charge in [0.25, 0.3) is 0 Å². The van der Waals surface area contributed by atoms with Crippen molar-refractivity contribution < 1.29 is 33.4 Å². The van der Waals surface area contributed by atoms with Gasteiger partial charge in [-0.15, -0.1) is 0 Å². The Bertz CT molecular complexity index is 1300. The highest BCUT2D eigenvalue weighted by Crippen LogP contribution is 2.43. The fourth-order valence-electron chi connectivity index (χ4n) is 6.33. The lowest BCUT2D eigenvalue weighted by Gasteiger charge is -2.31. The molecule has 2 saturated heterocycles. The molecular weight excluding hydrogens is 529 g/mol. The number of hydrogen-bond acceptors (Lipinski definition) is 6. The summed E-state index contributed by atoms with van der Waals surface area (Å²) in [6.45, 7) is 5.82. The zero-order chi connectivity index (χ0) is 29.1. The molecule has 220 valence electrons. The number of fused-ring (bicyclic) bond motifs is 1. The van der Waals surface area contributed by atoms with Gasteiger partial charge in [0.15, 0.2) is 11.5 Å². The van der Waals surface area contributed by atoms with Crippen LogP contribution in [0.4, 0.5) is 10.1 Å². The van der Waals surface area contributed by atoms with Gasteiger partial charge in [0.2, 0.25) is 18.6 Å². The van der Waals surface area contributed by atoms with E-state index in [2.05, 4.69) is 0 Å². The number of benzene rings is 2. The molecule has 2 amide bonds. The maximum absolute atomic E-state index is 14.0. The van der Waals surface area contributed by atoms with Gasteiger partial charge in [-0.1, -0.05) is 19.4 Å². The number of unbranched alkanes of at least 4 members (excludes halogenated alkanes) is 1. The molecule has 0 saturated carbocycles. The van der Waals surface area contributed by atoms with Crippen molar-refractivity contribution in [3.8, 4) is 11.5 Å². The van der Waals surface area contributed by atoms with Crippen LogP contribution in [0.3, 0.4) is 0 Å². The second-order valence-corrected chi connectivity index (χ2v) is 11.2. The number of amides is 2. The quantitative estimate of drug-likeness (QED) is 0.435. The Kier molecular flexibility index (Phi) is 8.77. The summed E-state index contributed by atoms with van der Waals surface area (Å²) in [5, 5.41) is 10.5. The van der Waals surface area contributed by atoms with Crippen LogP contribution in [-0.2, 0) is 14.4 Å². The Morgan fingerprint density at radius 2 is 1.95 bits per heavy atom. The third-order valence-corrected chi connectivity index (χ3v) is 8.55. The molecule has 9 nitrogen and oxygen atoms in total. The van der Waals surface area contributed by atoms with Crippen LogP contribution >= 0.6 is 0 Å². The number of likely N-dealkylation sites (tertiary alicyclic amines) is 2. The standard InChI is InChI=1S/C31H38FN3O6/c1-3-4-13-35(22-8-9-24(32)20(2)15-22)29(37)18-34-17-23(21-7-10-26-27(16-21)41-19-40-26)30(31(38)39)25(34)11-14-33-12-5-6-28(33)36/h7-10,15-16,23,25,30H,3-6,11-14,17-19H2,1-2H3,(H,38,39)/t23-,25+,30-/m1/s1. The minimum atomic E-state index is -0.933. The van der Waals surface area contributed by atoms with Crippen molar-refractivity contribution >= 4 is 23.5 Å². The molecule has 0 unspecified atom stereocenters. The number of carboxylic acids is 1. The SMILES string of the molecule is CCCCN(C(=O)CN1C[C@H](c2ccc3c(c2)OCO3)[C@@H](C(=O)O)[C@@H]1CCN1CCCC1=O)c1ccc(F)c(C)c1. The Hall–Kier alpha value is -3.66. The van der Waals surface area contributed by atoms with E-state index in [1.54, 1.807) is 34.9 Å². The van der Waals surface area contributed by atoms with Crippen LogP contribution in [0.2, 0.25) is 0 Å². The molecule has 0 aliphatic carbocycles. The lowest BCUT2D eigenvalue weighted by atomic mass is 9.84. The summed E-state index contributed by atoms with van der Waals surface area (Å²) in [6.07, 6.45) is 3.42. The number of anilines is 1. The number of hydrogen-bond donors (Lipinski definition) is 1. The Labute approximate surface area is 239 Å². The average molecular weight is 568 g/mol. The summed E-state index contributed by atoms with van der Waals surface area (Å²) in [4.78, 5) is 44.4. The number of nitrogens with zero attached hydrogens (tertiary/aromatic N) is 3. The number of ether oxygens (including phenoxy) is 2. The fourth-order valence-corrected chi connectivity index (χ4v) is 6.33. The zero-order valence-electron chi connectivity index (χ0n) is 23.7. The Balaban J connectivity index is 1.43. The van der Waals surface area contributed by atoms with Crippen LogP contribution in [0.15, 0.2) is 36.4 Å². The molecule has 0 radical (unpaired) electrons. The molecule has 10 heteroatoms. The summed E-state index contributed by atoms with van der Waals surface area (Å²) in [5.41, 5.74) is 1.90. The summed E-state index contributed by atoms with van der Waals surface area (Å²) in [5.74, 6) is -1.30. The molecule has 2 aromatic carbocycles. The van der Waals surface area contributed by atoms with Crippen molar-refractivity contribution in [2.45, 2.75) is 57.9 Å². The van der Waals surface area contributed by atoms with Crippen molar-refractivity contribution in [3.63, 3.8) is 0 Å². The van der Waals surface area contributed by atoms with Crippen LogP contribution in [0.5, 0.6) is 11.5 Å². The smallest absolute Gasteiger partial charge is 0.308 e. The number of halogens is 1. The van der Waals surface area contributed by atoms with Crippen molar-refractivity contribution in [1.82, 2.24) is 9.80 Å². The van der Waals surface area contributed by atoms with Gasteiger partial charge in [0, 0.05) is 50.2 Å². The van der Waals surface area contributed by atoms with Gasteiger partial charge in [0.05, 0.1) is 12.5 Å². The lowest BCUT2D eigenvalue weighted by molar-refractivity contribution is -0.143. The van der Waals surface area contributed by atoms with E-state index < -0.39 is 17.9 Å². The first-order valence-corrected chi connectivity index (χ1v) is 14.5. The molecule has 5 rings (SSSR count). The molecule has 2 aromatic rings. The van der Waals surface area contributed by atoms with Gasteiger partial charge in [-0.2, -0.15) is 0 Å². The Morgan fingerprint density at radius 1 is 1.15 bits per heavy atom. The number of rotatable bonds is 11. The second kappa shape index (κ2) is 12.5. The van der Waals surface area contributed by atoms with Crippen molar-refractivity contribution in [2.75, 3.05) is 44.4 Å². The van der Waals surface area contributed by atoms with Crippen LogP contribution < -0.4 is 14.4 Å². The van der Waals surface area contributed by atoms with Crippen molar-refractivity contribution in [1.29, 1.82) is 0 Å². The molecular formula is C31H38FN3O6. The van der Waals surface area contributed by atoms with E-state index in [4.69, 9.17) is 9.47 Å². The maximum Gasteiger partial charge on any atom is 0.308 e. The molecule has 0 bridgehead atoms. The molecule has 2 fully saturated rings. The molecule has 41 heavy (non-hydrogen) atoms. The highest BCUT2D eigenvalue weighted by atomic mass is 19.1. The summed E-state index contributed by atoms with van der Waals surface area (Å²) < 4.78 is 25.0. The van der Waals surface area contributed by atoms with E-state index in [0.717, 1.165) is 24.8 Å². The minimum Gasteiger partial charge on any atom is -0.481 e. The first-order chi connectivity index (χ1) is 19.8. The summed E-state index contributed by atoms with van der Waals surface area (Å²) in [7, 11) is 0. The van der Waals surface area contributed by atoms with Crippen molar-refractivity contribution in [3.05, 3.63) is 53.3 Å². The predicted octanol–water partition coefficient (Wildman–Crippen LogP) is 4.18. The van der Waals surface area contributed by atoms with Gasteiger partial charge in [-0.05, 0) is 67.6 Å². The second-order valence-electron chi connectivity index (χ2n) is 11.2. The molecule has 3 aliphatic heterocycles. The van der Waals surface area contributed by atoms with Gasteiger partial charge < -0.3 is 24.4 Å². The average Bonchev–Trinajstić information content (AvgIpc) is 3.67.